The Balaban J connectivity index is 1.49. The number of hydrogen-bond donors (Lipinski definition) is 1. The second kappa shape index (κ2) is 8.64. The van der Waals surface area contributed by atoms with Crippen LogP contribution in [0.15, 0.2) is 48.0 Å². The third-order valence-corrected chi connectivity index (χ3v) is 5.51. The van der Waals surface area contributed by atoms with E-state index in [9.17, 15) is 18.0 Å². The number of rotatable bonds is 7. The second-order valence-electron chi connectivity index (χ2n) is 5.61. The van der Waals surface area contributed by atoms with E-state index in [1.54, 1.807) is 41.8 Å². The van der Waals surface area contributed by atoms with Crippen LogP contribution in [0.2, 0.25) is 0 Å². The molecule has 142 valence electrons. The van der Waals surface area contributed by atoms with Crippen LogP contribution in [0.4, 0.5) is 13.2 Å². The maximum absolute atomic E-state index is 12.2. The fourth-order valence-electron chi connectivity index (χ4n) is 2.20. The molecule has 1 N–H and O–H groups in total. The molecular weight excluding hydrogens is 397 g/mol. The number of hydrogen-bond acceptors (Lipinski definition) is 5. The van der Waals surface area contributed by atoms with E-state index in [1.165, 1.54) is 11.3 Å². The minimum absolute atomic E-state index is 0.113. The van der Waals surface area contributed by atoms with Crippen LogP contribution in [-0.2, 0) is 17.9 Å². The Morgan fingerprint density at radius 3 is 2.56 bits per heavy atom. The lowest BCUT2D eigenvalue weighted by Crippen LogP contribution is -2.21. The van der Waals surface area contributed by atoms with E-state index >= 15 is 0 Å². The van der Waals surface area contributed by atoms with Crippen molar-refractivity contribution in [3.63, 3.8) is 0 Å². The number of alkyl halides is 3. The SMILES string of the molecule is O=C(NCc1ccc(COCC(F)(F)F)cc1)c1cnc(-c2cccs2)s1. The Labute approximate surface area is 161 Å². The van der Waals surface area contributed by atoms with Gasteiger partial charge in [0.05, 0.1) is 17.7 Å². The average Bonchev–Trinajstić information content (AvgIpc) is 3.31. The monoisotopic (exact) mass is 412 g/mol. The first-order valence-corrected chi connectivity index (χ1v) is 9.60. The van der Waals surface area contributed by atoms with Gasteiger partial charge in [0, 0.05) is 6.54 Å². The highest BCUT2D eigenvalue weighted by molar-refractivity contribution is 7.21. The van der Waals surface area contributed by atoms with Gasteiger partial charge in [0.25, 0.3) is 5.91 Å². The Kier molecular flexibility index (Phi) is 6.25. The van der Waals surface area contributed by atoms with Gasteiger partial charge in [-0.3, -0.25) is 4.79 Å². The van der Waals surface area contributed by atoms with E-state index in [-0.39, 0.29) is 12.5 Å². The standard InChI is InChI=1S/C18H15F3N2O2S2/c19-18(20,21)11-25-10-13-5-3-12(4-6-13)8-22-16(24)15-9-23-17(27-15)14-2-1-7-26-14/h1-7,9H,8,10-11H2,(H,22,24). The molecule has 2 heterocycles. The summed E-state index contributed by atoms with van der Waals surface area (Å²) in [5.41, 5.74) is 1.48. The number of ether oxygens (including phenoxy) is 1. The smallest absolute Gasteiger partial charge is 0.367 e. The van der Waals surface area contributed by atoms with Crippen LogP contribution in [-0.4, -0.2) is 23.7 Å². The molecule has 2 aromatic heterocycles. The summed E-state index contributed by atoms with van der Waals surface area (Å²) in [7, 11) is 0. The topological polar surface area (TPSA) is 51.2 Å². The summed E-state index contributed by atoms with van der Waals surface area (Å²) >= 11 is 2.89. The fourth-order valence-corrected chi connectivity index (χ4v) is 3.84. The van der Waals surface area contributed by atoms with E-state index in [1.807, 2.05) is 17.5 Å². The van der Waals surface area contributed by atoms with E-state index in [0.29, 0.717) is 17.0 Å². The molecule has 3 rings (SSSR count). The lowest BCUT2D eigenvalue weighted by molar-refractivity contribution is -0.176. The van der Waals surface area contributed by atoms with Gasteiger partial charge in [0.1, 0.15) is 16.5 Å². The van der Waals surface area contributed by atoms with Crippen molar-refractivity contribution >= 4 is 28.6 Å². The normalized spacial score (nSPS) is 11.5. The maximum Gasteiger partial charge on any atom is 0.411 e. The second-order valence-corrected chi connectivity index (χ2v) is 7.59. The summed E-state index contributed by atoms with van der Waals surface area (Å²) in [5.74, 6) is -0.215. The van der Waals surface area contributed by atoms with Gasteiger partial charge < -0.3 is 10.1 Å². The first kappa shape index (κ1) is 19.5. The highest BCUT2D eigenvalue weighted by Crippen LogP contribution is 2.28. The molecule has 0 aliphatic carbocycles. The Morgan fingerprint density at radius 2 is 1.89 bits per heavy atom. The Morgan fingerprint density at radius 1 is 1.15 bits per heavy atom. The lowest BCUT2D eigenvalue weighted by atomic mass is 10.1. The van der Waals surface area contributed by atoms with Gasteiger partial charge in [-0.2, -0.15) is 13.2 Å². The largest absolute Gasteiger partial charge is 0.411 e. The van der Waals surface area contributed by atoms with Crippen LogP contribution in [0, 0.1) is 0 Å². The molecule has 0 radical (unpaired) electrons. The van der Waals surface area contributed by atoms with Crippen molar-refractivity contribution in [2.45, 2.75) is 19.3 Å². The quantitative estimate of drug-likeness (QED) is 0.602. The molecule has 0 unspecified atom stereocenters. The zero-order valence-corrected chi connectivity index (χ0v) is 15.6. The summed E-state index contributed by atoms with van der Waals surface area (Å²) in [6, 6.07) is 10.7. The minimum Gasteiger partial charge on any atom is -0.367 e. The first-order valence-electron chi connectivity index (χ1n) is 7.91. The third kappa shape index (κ3) is 5.88. The van der Waals surface area contributed by atoms with Gasteiger partial charge in [-0.15, -0.1) is 22.7 Å². The molecule has 1 aromatic carbocycles. The van der Waals surface area contributed by atoms with Crippen LogP contribution in [0.3, 0.4) is 0 Å². The minimum atomic E-state index is -4.33. The first-order chi connectivity index (χ1) is 12.9. The highest BCUT2D eigenvalue weighted by atomic mass is 32.1. The predicted octanol–water partition coefficient (Wildman–Crippen LogP) is 4.88. The van der Waals surface area contributed by atoms with E-state index in [2.05, 4.69) is 15.0 Å². The molecule has 0 aliphatic rings. The van der Waals surface area contributed by atoms with Crippen molar-refractivity contribution < 1.29 is 22.7 Å². The zero-order chi connectivity index (χ0) is 19.3. The molecule has 0 atom stereocenters. The van der Waals surface area contributed by atoms with Gasteiger partial charge in [-0.25, -0.2) is 4.98 Å². The molecule has 0 bridgehead atoms. The van der Waals surface area contributed by atoms with Crippen LogP contribution >= 0.6 is 22.7 Å². The molecule has 27 heavy (non-hydrogen) atoms. The average molecular weight is 412 g/mol. The van der Waals surface area contributed by atoms with Gasteiger partial charge in [-0.1, -0.05) is 30.3 Å². The number of nitrogens with one attached hydrogen (secondary N) is 1. The summed E-state index contributed by atoms with van der Waals surface area (Å²) in [5, 5.41) is 5.57. The molecule has 1 amide bonds. The number of thiophene rings is 1. The lowest BCUT2D eigenvalue weighted by Gasteiger charge is -2.08. The molecule has 0 aliphatic heterocycles. The van der Waals surface area contributed by atoms with Crippen LogP contribution in [0.1, 0.15) is 20.8 Å². The summed E-state index contributed by atoms with van der Waals surface area (Å²) < 4.78 is 40.8. The van der Waals surface area contributed by atoms with Crippen LogP contribution in [0.5, 0.6) is 0 Å². The number of nitrogens with zero attached hydrogens (tertiary/aromatic N) is 1. The van der Waals surface area contributed by atoms with Gasteiger partial charge >= 0.3 is 6.18 Å². The summed E-state index contributed by atoms with van der Waals surface area (Å²) in [4.78, 5) is 18.0. The molecule has 9 heteroatoms. The number of halogens is 3. The van der Waals surface area contributed by atoms with E-state index in [0.717, 1.165) is 15.4 Å². The van der Waals surface area contributed by atoms with Crippen molar-refractivity contribution in [2.24, 2.45) is 0 Å². The number of aromatic nitrogens is 1. The van der Waals surface area contributed by atoms with Crippen LogP contribution < -0.4 is 5.32 Å². The van der Waals surface area contributed by atoms with E-state index < -0.39 is 12.8 Å². The Bertz CT molecular complexity index is 875. The predicted molar refractivity (Wildman–Crippen MR) is 98.8 cm³/mol. The molecular formula is C18H15F3N2O2S2. The van der Waals surface area contributed by atoms with Crippen molar-refractivity contribution in [1.29, 1.82) is 0 Å². The van der Waals surface area contributed by atoms with Crippen molar-refractivity contribution in [3.8, 4) is 9.88 Å². The molecule has 0 saturated heterocycles. The van der Waals surface area contributed by atoms with Crippen molar-refractivity contribution in [3.05, 3.63) is 64.0 Å². The van der Waals surface area contributed by atoms with E-state index in [4.69, 9.17) is 0 Å². The number of carbonyl (C=O) groups is 1. The number of benzene rings is 1. The molecule has 3 aromatic rings. The Hall–Kier alpha value is -2.23. The number of thiazole rings is 1. The molecule has 0 fully saturated rings. The third-order valence-electron chi connectivity index (χ3n) is 3.47. The summed E-state index contributed by atoms with van der Waals surface area (Å²) in [6.07, 6.45) is -2.78. The molecule has 0 saturated carbocycles. The van der Waals surface area contributed by atoms with Gasteiger partial charge in [0.2, 0.25) is 0 Å². The summed E-state index contributed by atoms with van der Waals surface area (Å²) in [6.45, 7) is -1.07. The fraction of sp³-hybridized carbons (Fsp3) is 0.222. The zero-order valence-electron chi connectivity index (χ0n) is 14.0. The van der Waals surface area contributed by atoms with Crippen molar-refractivity contribution in [2.75, 3.05) is 6.61 Å². The molecule has 0 spiro atoms. The van der Waals surface area contributed by atoms with Crippen molar-refractivity contribution in [1.82, 2.24) is 10.3 Å². The number of carbonyl (C=O) groups excluding carboxylic acids is 1. The number of amides is 1. The van der Waals surface area contributed by atoms with Gasteiger partial charge in [-0.05, 0) is 22.6 Å². The maximum atomic E-state index is 12.2. The van der Waals surface area contributed by atoms with Crippen LogP contribution in [0.25, 0.3) is 9.88 Å². The van der Waals surface area contributed by atoms with Gasteiger partial charge in [0.15, 0.2) is 0 Å². The highest BCUT2D eigenvalue weighted by Gasteiger charge is 2.27. The molecule has 4 nitrogen and oxygen atoms in total.